The number of unbranched alkanes of at least 4 members (excludes halogenated alkanes) is 10. The Morgan fingerprint density at radius 3 is 1.75 bits per heavy atom. The fourth-order valence-electron chi connectivity index (χ4n) is 2.17. The quantitative estimate of drug-likeness (QED) is 0.291. The lowest BCUT2D eigenvalue weighted by molar-refractivity contribution is -0.156. The van der Waals surface area contributed by atoms with Crippen molar-refractivity contribution in [3.63, 3.8) is 0 Å². The number of carbonyl (C=O) groups is 1. The van der Waals surface area contributed by atoms with Crippen LogP contribution in [0.15, 0.2) is 0 Å². The van der Waals surface area contributed by atoms with Crippen molar-refractivity contribution < 1.29 is 19.7 Å². The van der Waals surface area contributed by atoms with Crippen LogP contribution in [0.25, 0.3) is 0 Å². The van der Waals surface area contributed by atoms with E-state index >= 15 is 0 Å². The van der Waals surface area contributed by atoms with E-state index in [0.717, 1.165) is 12.8 Å². The Morgan fingerprint density at radius 1 is 0.850 bits per heavy atom. The standard InChI is InChI=1S/C16H32O4/c1-2-3-4-5-6-7-8-9-10-11-12-13-16(19)20-14-15(17)18/h15,17-18H,2-14H2,1H3. The molecule has 2 N–H and O–H groups in total. The van der Waals surface area contributed by atoms with Crippen molar-refractivity contribution in [1.82, 2.24) is 0 Å². The number of hydrogen-bond acceptors (Lipinski definition) is 4. The van der Waals surface area contributed by atoms with Gasteiger partial charge in [0.15, 0.2) is 6.29 Å². The molecule has 0 radical (unpaired) electrons. The first-order chi connectivity index (χ1) is 9.66. The number of hydrogen-bond donors (Lipinski definition) is 2. The van der Waals surface area contributed by atoms with Crippen LogP contribution in [-0.4, -0.2) is 29.1 Å². The molecule has 20 heavy (non-hydrogen) atoms. The van der Waals surface area contributed by atoms with Gasteiger partial charge in [-0.1, -0.05) is 71.1 Å². The number of aliphatic hydroxyl groups excluding tert-OH is 1. The van der Waals surface area contributed by atoms with Gasteiger partial charge >= 0.3 is 5.97 Å². The number of ether oxygens (including phenoxy) is 1. The maximum Gasteiger partial charge on any atom is 0.305 e. The van der Waals surface area contributed by atoms with E-state index in [1.807, 2.05) is 0 Å². The number of aliphatic hydroxyl groups is 2. The van der Waals surface area contributed by atoms with E-state index in [9.17, 15) is 4.79 Å². The van der Waals surface area contributed by atoms with Crippen molar-refractivity contribution in [3.05, 3.63) is 0 Å². The molecule has 4 nitrogen and oxygen atoms in total. The molecule has 0 aromatic heterocycles. The highest BCUT2D eigenvalue weighted by molar-refractivity contribution is 5.69. The summed E-state index contributed by atoms with van der Waals surface area (Å²) >= 11 is 0. The summed E-state index contributed by atoms with van der Waals surface area (Å²) in [5, 5.41) is 17.1. The summed E-state index contributed by atoms with van der Waals surface area (Å²) in [5.74, 6) is -0.339. The van der Waals surface area contributed by atoms with E-state index in [0.29, 0.717) is 6.42 Å². The first kappa shape index (κ1) is 19.4. The largest absolute Gasteiger partial charge is 0.460 e. The third-order valence-corrected chi connectivity index (χ3v) is 3.38. The van der Waals surface area contributed by atoms with Gasteiger partial charge in [0.05, 0.1) is 0 Å². The second-order valence-corrected chi connectivity index (χ2v) is 5.45. The lowest BCUT2D eigenvalue weighted by Gasteiger charge is -2.06. The predicted octanol–water partition coefficient (Wildman–Crippen LogP) is 3.54. The van der Waals surface area contributed by atoms with Crippen LogP contribution in [0.5, 0.6) is 0 Å². The molecule has 0 aliphatic heterocycles. The Bertz CT molecular complexity index is 217. The smallest absolute Gasteiger partial charge is 0.305 e. The number of rotatable bonds is 14. The van der Waals surface area contributed by atoms with Gasteiger partial charge in [0, 0.05) is 6.42 Å². The maximum absolute atomic E-state index is 11.2. The van der Waals surface area contributed by atoms with Gasteiger partial charge in [-0.3, -0.25) is 4.79 Å². The Balaban J connectivity index is 3.11. The van der Waals surface area contributed by atoms with Crippen molar-refractivity contribution in [1.29, 1.82) is 0 Å². The summed E-state index contributed by atoms with van der Waals surface area (Å²) in [5.41, 5.74) is 0. The molecule has 0 spiro atoms. The molecule has 0 rings (SSSR count). The van der Waals surface area contributed by atoms with Crippen LogP contribution in [0.3, 0.4) is 0 Å². The molecule has 0 heterocycles. The normalized spacial score (nSPS) is 11.0. The van der Waals surface area contributed by atoms with Crippen molar-refractivity contribution in [3.8, 4) is 0 Å². The fraction of sp³-hybridized carbons (Fsp3) is 0.938. The van der Waals surface area contributed by atoms with Crippen LogP contribution in [0.1, 0.15) is 84.0 Å². The van der Waals surface area contributed by atoms with Crippen LogP contribution in [-0.2, 0) is 9.53 Å². The molecular weight excluding hydrogens is 256 g/mol. The Kier molecular flexibility index (Phi) is 14.3. The molecule has 0 bridgehead atoms. The molecule has 0 aliphatic carbocycles. The minimum atomic E-state index is -1.56. The Labute approximate surface area is 123 Å². The van der Waals surface area contributed by atoms with Crippen molar-refractivity contribution >= 4 is 5.97 Å². The number of carbonyl (C=O) groups excluding carboxylic acids is 1. The van der Waals surface area contributed by atoms with Crippen LogP contribution >= 0.6 is 0 Å². The molecule has 0 fully saturated rings. The maximum atomic E-state index is 11.2. The van der Waals surface area contributed by atoms with E-state index in [2.05, 4.69) is 11.7 Å². The molecule has 120 valence electrons. The molecule has 4 heteroatoms. The summed E-state index contributed by atoms with van der Waals surface area (Å²) in [7, 11) is 0. The second kappa shape index (κ2) is 14.8. The summed E-state index contributed by atoms with van der Waals surface area (Å²) < 4.78 is 4.66. The van der Waals surface area contributed by atoms with Gasteiger partial charge in [0.2, 0.25) is 0 Å². The van der Waals surface area contributed by atoms with Crippen molar-refractivity contribution in [2.24, 2.45) is 0 Å². The predicted molar refractivity (Wildman–Crippen MR) is 80.3 cm³/mol. The summed E-state index contributed by atoms with van der Waals surface area (Å²) in [6.45, 7) is 1.92. The first-order valence-corrected chi connectivity index (χ1v) is 8.18. The zero-order chi connectivity index (χ0) is 15.1. The molecule has 0 saturated carbocycles. The van der Waals surface area contributed by atoms with E-state index in [4.69, 9.17) is 10.2 Å². The first-order valence-electron chi connectivity index (χ1n) is 8.18. The molecule has 0 aromatic rings. The van der Waals surface area contributed by atoms with Gasteiger partial charge in [-0.05, 0) is 6.42 Å². The summed E-state index contributed by atoms with van der Waals surface area (Å²) in [6, 6.07) is 0. The average Bonchev–Trinajstić information content (AvgIpc) is 2.42. The fourth-order valence-corrected chi connectivity index (χ4v) is 2.17. The van der Waals surface area contributed by atoms with E-state index < -0.39 is 6.29 Å². The zero-order valence-corrected chi connectivity index (χ0v) is 13.0. The van der Waals surface area contributed by atoms with Crippen LogP contribution in [0.4, 0.5) is 0 Å². The number of esters is 1. The van der Waals surface area contributed by atoms with Gasteiger partial charge in [-0.15, -0.1) is 0 Å². The van der Waals surface area contributed by atoms with E-state index in [1.54, 1.807) is 0 Å². The molecule has 0 unspecified atom stereocenters. The van der Waals surface area contributed by atoms with Crippen LogP contribution in [0, 0.1) is 0 Å². The SMILES string of the molecule is CCCCCCCCCCCCCC(=O)OCC(O)O. The molecule has 0 saturated heterocycles. The third-order valence-electron chi connectivity index (χ3n) is 3.38. The van der Waals surface area contributed by atoms with Gasteiger partial charge in [-0.25, -0.2) is 0 Å². The van der Waals surface area contributed by atoms with Gasteiger partial charge in [0.1, 0.15) is 6.61 Å². The highest BCUT2D eigenvalue weighted by atomic mass is 16.6. The minimum Gasteiger partial charge on any atom is -0.460 e. The van der Waals surface area contributed by atoms with Gasteiger partial charge in [-0.2, -0.15) is 0 Å². The van der Waals surface area contributed by atoms with Crippen LogP contribution < -0.4 is 0 Å². The zero-order valence-electron chi connectivity index (χ0n) is 13.0. The lowest BCUT2D eigenvalue weighted by atomic mass is 10.1. The molecule has 0 aliphatic rings. The Hall–Kier alpha value is -0.610. The topological polar surface area (TPSA) is 66.8 Å². The highest BCUT2D eigenvalue weighted by Crippen LogP contribution is 2.12. The van der Waals surface area contributed by atoms with Gasteiger partial charge < -0.3 is 14.9 Å². The summed E-state index contributed by atoms with van der Waals surface area (Å²) in [6.07, 6.45) is 12.5. The minimum absolute atomic E-state index is 0.323. The summed E-state index contributed by atoms with van der Waals surface area (Å²) in [4.78, 5) is 11.2. The molecule has 0 atom stereocenters. The van der Waals surface area contributed by atoms with Gasteiger partial charge in [0.25, 0.3) is 0 Å². The monoisotopic (exact) mass is 288 g/mol. The van der Waals surface area contributed by atoms with E-state index in [1.165, 1.54) is 57.8 Å². The Morgan fingerprint density at radius 2 is 1.30 bits per heavy atom. The van der Waals surface area contributed by atoms with Crippen molar-refractivity contribution in [2.75, 3.05) is 6.61 Å². The highest BCUT2D eigenvalue weighted by Gasteiger charge is 2.05. The van der Waals surface area contributed by atoms with E-state index in [-0.39, 0.29) is 12.6 Å². The molecule has 0 aromatic carbocycles. The lowest BCUT2D eigenvalue weighted by Crippen LogP contribution is -2.17. The van der Waals surface area contributed by atoms with Crippen molar-refractivity contribution in [2.45, 2.75) is 90.3 Å². The molecular formula is C16H32O4. The molecule has 0 amide bonds. The van der Waals surface area contributed by atoms with Crippen LogP contribution in [0.2, 0.25) is 0 Å². The second-order valence-electron chi connectivity index (χ2n) is 5.45. The third kappa shape index (κ3) is 15.4. The average molecular weight is 288 g/mol.